The molecule has 128 valence electrons. The lowest BCUT2D eigenvalue weighted by Crippen LogP contribution is -2.34. The monoisotopic (exact) mass is 333 g/mol. The summed E-state index contributed by atoms with van der Waals surface area (Å²) in [6.07, 6.45) is 3.79. The maximum atomic E-state index is 13.9. The predicted molar refractivity (Wildman–Crippen MR) is 86.4 cm³/mol. The number of benzene rings is 1. The van der Waals surface area contributed by atoms with Crippen molar-refractivity contribution < 1.29 is 13.5 Å². The first-order chi connectivity index (χ1) is 11.7. The molecule has 0 amide bonds. The van der Waals surface area contributed by atoms with Crippen LogP contribution in [-0.4, -0.2) is 35.1 Å². The molecule has 6 heteroatoms. The van der Waals surface area contributed by atoms with Crippen LogP contribution in [-0.2, 0) is 17.9 Å². The minimum Gasteiger partial charge on any atom is -0.377 e. The second kappa shape index (κ2) is 7.77. The van der Waals surface area contributed by atoms with Crippen LogP contribution < -0.4 is 0 Å². The largest absolute Gasteiger partial charge is 0.377 e. The Hall–Kier alpha value is -1.92. The minimum absolute atomic E-state index is 0.272. The molecule has 0 bridgehead atoms. The molecule has 1 aromatic carbocycles. The smallest absolute Gasteiger partial charge is 0.154 e. The summed E-state index contributed by atoms with van der Waals surface area (Å²) < 4.78 is 32.3. The molecular weight excluding hydrogens is 312 g/mol. The second-order valence-electron chi connectivity index (χ2n) is 6.14. The summed E-state index contributed by atoms with van der Waals surface area (Å²) in [5.41, 5.74) is 1.39. The molecule has 0 spiro atoms. The lowest BCUT2D eigenvalue weighted by molar-refractivity contribution is 0.175. The van der Waals surface area contributed by atoms with Crippen molar-refractivity contribution in [2.45, 2.75) is 31.9 Å². The fraction of sp³-hybridized carbons (Fsp3) is 0.444. The Kier molecular flexibility index (Phi) is 5.48. The van der Waals surface area contributed by atoms with Crippen molar-refractivity contribution in [2.24, 2.45) is 0 Å². The summed E-state index contributed by atoms with van der Waals surface area (Å²) in [6, 6.07) is 5.54. The van der Waals surface area contributed by atoms with Gasteiger partial charge in [-0.1, -0.05) is 0 Å². The standard InChI is InChI=1S/C18H21F2N3O/c1-24-12-18-21-7-6-17(22-18)13-3-2-8-23(10-13)11-14-9-15(19)4-5-16(14)20/h4-7,9,13H,2-3,8,10-12H2,1H3/t13-/m0/s1. The highest BCUT2D eigenvalue weighted by atomic mass is 19.1. The highest BCUT2D eigenvalue weighted by molar-refractivity contribution is 5.19. The van der Waals surface area contributed by atoms with E-state index in [1.165, 1.54) is 12.1 Å². The van der Waals surface area contributed by atoms with Crippen LogP contribution in [0.25, 0.3) is 0 Å². The number of rotatable bonds is 5. The molecule has 3 rings (SSSR count). The van der Waals surface area contributed by atoms with Gasteiger partial charge < -0.3 is 4.74 Å². The molecule has 2 aromatic rings. The molecule has 1 atom stereocenters. The predicted octanol–water partition coefficient (Wildman–Crippen LogP) is 3.28. The van der Waals surface area contributed by atoms with E-state index < -0.39 is 5.82 Å². The number of halogens is 2. The average Bonchev–Trinajstić information content (AvgIpc) is 2.59. The molecule has 0 N–H and O–H groups in total. The van der Waals surface area contributed by atoms with E-state index >= 15 is 0 Å². The summed E-state index contributed by atoms with van der Waals surface area (Å²) in [4.78, 5) is 10.9. The van der Waals surface area contributed by atoms with E-state index in [4.69, 9.17) is 4.74 Å². The number of likely N-dealkylation sites (tertiary alicyclic amines) is 1. The molecule has 0 unspecified atom stereocenters. The van der Waals surface area contributed by atoms with Crippen LogP contribution in [0.2, 0.25) is 0 Å². The van der Waals surface area contributed by atoms with Gasteiger partial charge in [-0.3, -0.25) is 4.90 Å². The summed E-state index contributed by atoms with van der Waals surface area (Å²) in [5, 5.41) is 0. The van der Waals surface area contributed by atoms with Crippen molar-refractivity contribution in [3.63, 3.8) is 0 Å². The maximum absolute atomic E-state index is 13.9. The molecule has 24 heavy (non-hydrogen) atoms. The molecule has 1 aliphatic heterocycles. The van der Waals surface area contributed by atoms with Gasteiger partial charge >= 0.3 is 0 Å². The molecule has 1 fully saturated rings. The number of piperidine rings is 1. The molecular formula is C18H21F2N3O. The van der Waals surface area contributed by atoms with Crippen LogP contribution in [0.1, 0.15) is 35.8 Å². The Morgan fingerprint density at radius 3 is 3.00 bits per heavy atom. The van der Waals surface area contributed by atoms with Gasteiger partial charge in [-0.15, -0.1) is 0 Å². The number of ether oxygens (including phenoxy) is 1. The van der Waals surface area contributed by atoms with Gasteiger partial charge in [0.1, 0.15) is 18.2 Å². The zero-order valence-corrected chi connectivity index (χ0v) is 13.7. The van der Waals surface area contributed by atoms with Crippen LogP contribution in [0.4, 0.5) is 8.78 Å². The lowest BCUT2D eigenvalue weighted by Gasteiger charge is -2.32. The third-order valence-electron chi connectivity index (χ3n) is 4.33. The van der Waals surface area contributed by atoms with Crippen molar-refractivity contribution in [3.05, 3.63) is 59.2 Å². The van der Waals surface area contributed by atoms with E-state index in [-0.39, 0.29) is 11.7 Å². The van der Waals surface area contributed by atoms with Crippen LogP contribution in [0, 0.1) is 11.6 Å². The van der Waals surface area contributed by atoms with E-state index in [9.17, 15) is 8.78 Å². The SMILES string of the molecule is COCc1nccc([C@H]2CCCN(Cc3cc(F)ccc3F)C2)n1. The van der Waals surface area contributed by atoms with E-state index in [1.54, 1.807) is 13.3 Å². The zero-order chi connectivity index (χ0) is 16.9. The Balaban J connectivity index is 1.70. The van der Waals surface area contributed by atoms with Gasteiger partial charge in [0, 0.05) is 43.6 Å². The van der Waals surface area contributed by atoms with Gasteiger partial charge in [-0.2, -0.15) is 0 Å². The highest BCUT2D eigenvalue weighted by Gasteiger charge is 2.23. The first kappa shape index (κ1) is 16.9. The molecule has 1 saturated heterocycles. The molecule has 0 radical (unpaired) electrons. The molecule has 0 aliphatic carbocycles. The van der Waals surface area contributed by atoms with E-state index in [0.29, 0.717) is 24.5 Å². The third kappa shape index (κ3) is 4.13. The van der Waals surface area contributed by atoms with Crippen molar-refractivity contribution >= 4 is 0 Å². The van der Waals surface area contributed by atoms with Crippen LogP contribution in [0.15, 0.2) is 30.5 Å². The molecule has 2 heterocycles. The zero-order valence-electron chi connectivity index (χ0n) is 13.7. The molecule has 1 aromatic heterocycles. The Bertz CT molecular complexity index is 696. The fourth-order valence-electron chi connectivity index (χ4n) is 3.19. The first-order valence-corrected chi connectivity index (χ1v) is 8.12. The highest BCUT2D eigenvalue weighted by Crippen LogP contribution is 2.27. The van der Waals surface area contributed by atoms with E-state index in [1.807, 2.05) is 6.07 Å². The topological polar surface area (TPSA) is 38.2 Å². The Labute approximate surface area is 140 Å². The van der Waals surface area contributed by atoms with Gasteiger partial charge in [-0.05, 0) is 43.7 Å². The lowest BCUT2D eigenvalue weighted by atomic mass is 9.94. The Morgan fingerprint density at radius 2 is 2.17 bits per heavy atom. The average molecular weight is 333 g/mol. The van der Waals surface area contributed by atoms with Crippen molar-refractivity contribution in [3.8, 4) is 0 Å². The van der Waals surface area contributed by atoms with Crippen LogP contribution >= 0.6 is 0 Å². The molecule has 4 nitrogen and oxygen atoms in total. The summed E-state index contributed by atoms with van der Waals surface area (Å²) in [7, 11) is 1.62. The number of aromatic nitrogens is 2. The van der Waals surface area contributed by atoms with Crippen LogP contribution in [0.3, 0.4) is 0 Å². The minimum atomic E-state index is -0.403. The third-order valence-corrected chi connectivity index (χ3v) is 4.33. The van der Waals surface area contributed by atoms with Crippen molar-refractivity contribution in [1.82, 2.24) is 14.9 Å². The summed E-state index contributed by atoms with van der Waals surface area (Å²) in [5.74, 6) is 0.181. The fourth-order valence-corrected chi connectivity index (χ4v) is 3.19. The number of hydrogen-bond donors (Lipinski definition) is 0. The van der Waals surface area contributed by atoms with Gasteiger partial charge in [0.25, 0.3) is 0 Å². The molecule has 1 aliphatic rings. The summed E-state index contributed by atoms with van der Waals surface area (Å²) >= 11 is 0. The van der Waals surface area contributed by atoms with E-state index in [0.717, 1.165) is 37.7 Å². The van der Waals surface area contributed by atoms with Gasteiger partial charge in [-0.25, -0.2) is 18.7 Å². The van der Waals surface area contributed by atoms with Crippen molar-refractivity contribution in [1.29, 1.82) is 0 Å². The Morgan fingerprint density at radius 1 is 1.29 bits per heavy atom. The summed E-state index contributed by atoms with van der Waals surface area (Å²) in [6.45, 7) is 2.46. The van der Waals surface area contributed by atoms with Gasteiger partial charge in [0.15, 0.2) is 5.82 Å². The molecule has 0 saturated carbocycles. The van der Waals surface area contributed by atoms with Crippen LogP contribution in [0.5, 0.6) is 0 Å². The second-order valence-corrected chi connectivity index (χ2v) is 6.14. The van der Waals surface area contributed by atoms with Gasteiger partial charge in [0.05, 0.1) is 0 Å². The number of hydrogen-bond acceptors (Lipinski definition) is 4. The van der Waals surface area contributed by atoms with Gasteiger partial charge in [0.2, 0.25) is 0 Å². The van der Waals surface area contributed by atoms with Crippen molar-refractivity contribution in [2.75, 3.05) is 20.2 Å². The maximum Gasteiger partial charge on any atom is 0.154 e. The number of methoxy groups -OCH3 is 1. The first-order valence-electron chi connectivity index (χ1n) is 8.12. The number of nitrogens with zero attached hydrogens (tertiary/aromatic N) is 3. The van der Waals surface area contributed by atoms with E-state index in [2.05, 4.69) is 14.9 Å². The quantitative estimate of drug-likeness (QED) is 0.842. The normalized spacial score (nSPS) is 18.7.